The number of benzene rings is 2. The van der Waals surface area contributed by atoms with Crippen molar-refractivity contribution in [1.82, 2.24) is 9.55 Å². The van der Waals surface area contributed by atoms with Crippen LogP contribution >= 0.6 is 11.6 Å². The van der Waals surface area contributed by atoms with E-state index in [9.17, 15) is 4.39 Å². The highest BCUT2D eigenvalue weighted by Crippen LogP contribution is 2.32. The van der Waals surface area contributed by atoms with Crippen LogP contribution in [0.15, 0.2) is 73.1 Å². The van der Waals surface area contributed by atoms with Gasteiger partial charge in [0, 0.05) is 29.9 Å². The van der Waals surface area contributed by atoms with Crippen molar-refractivity contribution in [1.29, 1.82) is 0 Å². The van der Waals surface area contributed by atoms with Gasteiger partial charge in [-0.1, -0.05) is 54.1 Å². The molecule has 2 aromatic carbocycles. The van der Waals surface area contributed by atoms with Crippen LogP contribution in [0.4, 0.5) is 4.39 Å². The number of halogens is 2. The van der Waals surface area contributed by atoms with E-state index in [0.717, 1.165) is 28.6 Å². The lowest BCUT2D eigenvalue weighted by Gasteiger charge is -2.09. The molecule has 0 bridgehead atoms. The lowest BCUT2D eigenvalue weighted by Crippen LogP contribution is -1.98. The van der Waals surface area contributed by atoms with E-state index in [0.29, 0.717) is 5.15 Å². The molecule has 4 rings (SSSR count). The van der Waals surface area contributed by atoms with E-state index in [1.165, 1.54) is 17.7 Å². The molecule has 0 amide bonds. The number of nitrogens with zero attached hydrogens (tertiary/aromatic N) is 2. The Labute approximate surface area is 144 Å². The van der Waals surface area contributed by atoms with Crippen molar-refractivity contribution in [2.75, 3.05) is 0 Å². The molecule has 0 aliphatic heterocycles. The Morgan fingerprint density at radius 2 is 1.71 bits per heavy atom. The van der Waals surface area contributed by atoms with Crippen LogP contribution in [0.5, 0.6) is 0 Å². The molecule has 2 aromatic heterocycles. The second-order valence-corrected chi connectivity index (χ2v) is 6.02. The van der Waals surface area contributed by atoms with Gasteiger partial charge in [-0.05, 0) is 29.3 Å². The number of hydrogen-bond donors (Lipinski definition) is 0. The molecule has 4 aromatic rings. The molecule has 0 N–H and O–H groups in total. The first kappa shape index (κ1) is 14.9. The summed E-state index contributed by atoms with van der Waals surface area (Å²) in [6.45, 7) is 0.721. The van der Waals surface area contributed by atoms with Gasteiger partial charge in [-0.25, -0.2) is 9.37 Å². The Morgan fingerprint density at radius 3 is 2.46 bits per heavy atom. The van der Waals surface area contributed by atoms with Gasteiger partial charge in [-0.15, -0.1) is 0 Å². The zero-order chi connectivity index (χ0) is 16.5. The smallest absolute Gasteiger partial charge is 0.153 e. The summed E-state index contributed by atoms with van der Waals surface area (Å²) < 4.78 is 15.3. The van der Waals surface area contributed by atoms with Gasteiger partial charge in [0.1, 0.15) is 5.82 Å². The molecule has 0 aliphatic carbocycles. The summed E-state index contributed by atoms with van der Waals surface area (Å²) in [5, 5.41) is 1.48. The number of fused-ring (bicyclic) bond motifs is 1. The van der Waals surface area contributed by atoms with E-state index in [1.54, 1.807) is 18.3 Å². The van der Waals surface area contributed by atoms with Crippen LogP contribution in [0.25, 0.3) is 22.0 Å². The molecule has 0 saturated carbocycles. The third-order valence-corrected chi connectivity index (χ3v) is 4.38. The van der Waals surface area contributed by atoms with Gasteiger partial charge in [0.25, 0.3) is 0 Å². The summed E-state index contributed by atoms with van der Waals surface area (Å²) in [6.07, 6.45) is 3.75. The highest BCUT2D eigenvalue weighted by atomic mass is 35.5. The molecule has 0 fully saturated rings. The topological polar surface area (TPSA) is 17.8 Å². The molecule has 0 saturated heterocycles. The first-order chi connectivity index (χ1) is 11.7. The van der Waals surface area contributed by atoms with E-state index in [2.05, 4.69) is 21.7 Å². The normalized spacial score (nSPS) is 11.1. The fourth-order valence-electron chi connectivity index (χ4n) is 2.94. The number of aromatic nitrogens is 2. The molecule has 2 heterocycles. The highest BCUT2D eigenvalue weighted by molar-refractivity contribution is 6.34. The Hall–Kier alpha value is -2.65. The van der Waals surface area contributed by atoms with Gasteiger partial charge in [0.2, 0.25) is 0 Å². The first-order valence-corrected chi connectivity index (χ1v) is 8.03. The molecule has 4 heteroatoms. The van der Waals surface area contributed by atoms with Crippen molar-refractivity contribution in [2.45, 2.75) is 6.54 Å². The molecule has 0 unspecified atom stereocenters. The van der Waals surface area contributed by atoms with Crippen molar-refractivity contribution in [2.24, 2.45) is 0 Å². The monoisotopic (exact) mass is 336 g/mol. The number of rotatable bonds is 3. The minimum atomic E-state index is -0.251. The van der Waals surface area contributed by atoms with Gasteiger partial charge in [-0.3, -0.25) is 0 Å². The second-order valence-electron chi connectivity index (χ2n) is 5.66. The van der Waals surface area contributed by atoms with Crippen LogP contribution in [-0.4, -0.2) is 9.55 Å². The Balaban J connectivity index is 1.84. The maximum Gasteiger partial charge on any atom is 0.153 e. The number of hydrogen-bond acceptors (Lipinski definition) is 1. The Kier molecular flexibility index (Phi) is 3.79. The van der Waals surface area contributed by atoms with E-state index < -0.39 is 0 Å². The highest BCUT2D eigenvalue weighted by Gasteiger charge is 2.12. The molecule has 0 aliphatic rings. The average molecular weight is 337 g/mol. The minimum absolute atomic E-state index is 0.251. The fraction of sp³-hybridized carbons (Fsp3) is 0.0500. The molecule has 0 spiro atoms. The third-order valence-electron chi connectivity index (χ3n) is 4.11. The molecular weight excluding hydrogens is 323 g/mol. The Bertz CT molecular complexity index is 992. The lowest BCUT2D eigenvalue weighted by molar-refractivity contribution is 0.628. The summed E-state index contributed by atoms with van der Waals surface area (Å²) >= 11 is 6.36. The van der Waals surface area contributed by atoms with Crippen molar-refractivity contribution >= 4 is 22.5 Å². The summed E-state index contributed by atoms with van der Waals surface area (Å²) in [5.41, 5.74) is 3.95. The zero-order valence-corrected chi connectivity index (χ0v) is 13.5. The standard InChI is InChI=1S/C20H14ClFN2/c21-20-19-17(10-11-24(19)13-14-4-2-1-3-5-14)18(12-23-20)15-6-8-16(22)9-7-15/h1-12H,13H2. The summed E-state index contributed by atoms with van der Waals surface area (Å²) in [6, 6.07) is 18.7. The maximum atomic E-state index is 13.2. The Morgan fingerprint density at radius 1 is 0.958 bits per heavy atom. The predicted molar refractivity (Wildman–Crippen MR) is 95.7 cm³/mol. The molecule has 24 heavy (non-hydrogen) atoms. The molecule has 118 valence electrons. The molecular formula is C20H14ClFN2. The van der Waals surface area contributed by atoms with E-state index >= 15 is 0 Å². The van der Waals surface area contributed by atoms with Gasteiger partial charge < -0.3 is 4.57 Å². The van der Waals surface area contributed by atoms with Crippen LogP contribution in [0.2, 0.25) is 5.15 Å². The van der Waals surface area contributed by atoms with Crippen molar-refractivity contribution in [3.63, 3.8) is 0 Å². The zero-order valence-electron chi connectivity index (χ0n) is 12.8. The van der Waals surface area contributed by atoms with Gasteiger partial charge in [0.15, 0.2) is 5.15 Å². The van der Waals surface area contributed by atoms with E-state index in [-0.39, 0.29) is 5.82 Å². The lowest BCUT2D eigenvalue weighted by atomic mass is 10.0. The van der Waals surface area contributed by atoms with Crippen molar-refractivity contribution < 1.29 is 4.39 Å². The summed E-state index contributed by atoms with van der Waals surface area (Å²) in [5.74, 6) is -0.251. The first-order valence-electron chi connectivity index (χ1n) is 7.65. The van der Waals surface area contributed by atoms with E-state index in [1.807, 2.05) is 30.5 Å². The van der Waals surface area contributed by atoms with Crippen LogP contribution < -0.4 is 0 Å². The quantitative estimate of drug-likeness (QED) is 0.449. The van der Waals surface area contributed by atoms with Crippen LogP contribution in [0.3, 0.4) is 0 Å². The van der Waals surface area contributed by atoms with Gasteiger partial charge >= 0.3 is 0 Å². The minimum Gasteiger partial charge on any atom is -0.341 e. The summed E-state index contributed by atoms with van der Waals surface area (Å²) in [7, 11) is 0. The second kappa shape index (κ2) is 6.10. The van der Waals surface area contributed by atoms with Crippen molar-refractivity contribution in [3.05, 3.63) is 89.6 Å². The van der Waals surface area contributed by atoms with Gasteiger partial charge in [-0.2, -0.15) is 0 Å². The molecule has 0 atom stereocenters. The van der Waals surface area contributed by atoms with Gasteiger partial charge in [0.05, 0.1) is 5.52 Å². The van der Waals surface area contributed by atoms with Crippen LogP contribution in [-0.2, 0) is 6.54 Å². The third kappa shape index (κ3) is 2.68. The average Bonchev–Trinajstić information content (AvgIpc) is 3.02. The maximum absolute atomic E-state index is 13.2. The number of pyridine rings is 1. The molecule has 0 radical (unpaired) electrons. The van der Waals surface area contributed by atoms with Crippen LogP contribution in [0.1, 0.15) is 5.56 Å². The molecule has 2 nitrogen and oxygen atoms in total. The summed E-state index contributed by atoms with van der Waals surface area (Å²) in [4.78, 5) is 4.33. The predicted octanol–water partition coefficient (Wildman–Crippen LogP) is 5.54. The van der Waals surface area contributed by atoms with E-state index in [4.69, 9.17) is 11.6 Å². The van der Waals surface area contributed by atoms with Crippen molar-refractivity contribution in [3.8, 4) is 11.1 Å². The largest absolute Gasteiger partial charge is 0.341 e. The fourth-order valence-corrected chi connectivity index (χ4v) is 3.20. The SMILES string of the molecule is Fc1ccc(-c2cnc(Cl)c3c2ccn3Cc2ccccc2)cc1. The van der Waals surface area contributed by atoms with Crippen LogP contribution in [0, 0.1) is 5.82 Å².